The van der Waals surface area contributed by atoms with Gasteiger partial charge in [-0.25, -0.2) is 13.2 Å². The van der Waals surface area contributed by atoms with Gasteiger partial charge in [-0.2, -0.15) is 0 Å². The minimum absolute atomic E-state index is 0.142. The van der Waals surface area contributed by atoms with E-state index in [-0.39, 0.29) is 25.2 Å². The van der Waals surface area contributed by atoms with Gasteiger partial charge in [0.2, 0.25) is 6.79 Å². The number of amides is 1. The zero-order valence-electron chi connectivity index (χ0n) is 18.8. The van der Waals surface area contributed by atoms with Gasteiger partial charge in [-0.3, -0.25) is 9.69 Å². The fourth-order valence-corrected chi connectivity index (χ4v) is 4.51. The number of carbonyl (C=O) groups excluding carboxylic acids is 1. The van der Waals surface area contributed by atoms with E-state index in [1.54, 1.807) is 12.1 Å². The van der Waals surface area contributed by atoms with E-state index in [2.05, 4.69) is 15.1 Å². The van der Waals surface area contributed by atoms with Crippen molar-refractivity contribution in [2.24, 2.45) is 0 Å². The lowest BCUT2D eigenvalue weighted by atomic mass is 10.0. The second kappa shape index (κ2) is 9.87. The molecule has 1 N–H and O–H groups in total. The normalized spacial score (nSPS) is 16.3. The Kier molecular flexibility index (Phi) is 6.50. The summed E-state index contributed by atoms with van der Waals surface area (Å²) >= 11 is 0. The SMILES string of the molecule is O=C(NCC(c1ccc2c(c1)OCO2)N1CCN(c2ccc(F)cc2)CC1)c1c(F)cccc1F. The van der Waals surface area contributed by atoms with Gasteiger partial charge in [-0.05, 0) is 54.1 Å². The summed E-state index contributed by atoms with van der Waals surface area (Å²) in [6.07, 6.45) is 0. The maximum atomic E-state index is 14.1. The van der Waals surface area contributed by atoms with E-state index >= 15 is 0 Å². The minimum atomic E-state index is -0.907. The molecule has 9 heteroatoms. The number of nitrogens with one attached hydrogen (secondary N) is 1. The number of fused-ring (bicyclic) bond motifs is 1. The quantitative estimate of drug-likeness (QED) is 0.572. The molecule has 1 atom stereocenters. The van der Waals surface area contributed by atoms with Gasteiger partial charge in [0.05, 0.1) is 6.04 Å². The van der Waals surface area contributed by atoms with E-state index in [9.17, 15) is 18.0 Å². The molecule has 0 bridgehead atoms. The number of anilines is 1. The smallest absolute Gasteiger partial charge is 0.257 e. The van der Waals surface area contributed by atoms with Crippen molar-refractivity contribution < 1.29 is 27.4 Å². The summed E-state index contributed by atoms with van der Waals surface area (Å²) in [7, 11) is 0. The Bertz CT molecular complexity index is 1190. The third kappa shape index (κ3) is 4.90. The van der Waals surface area contributed by atoms with Crippen LogP contribution in [0.25, 0.3) is 0 Å². The summed E-state index contributed by atoms with van der Waals surface area (Å²) in [6.45, 7) is 3.01. The molecule has 6 nitrogen and oxygen atoms in total. The first kappa shape index (κ1) is 23.0. The number of piperazine rings is 1. The Balaban J connectivity index is 1.34. The number of benzene rings is 3. The number of hydrogen-bond donors (Lipinski definition) is 1. The molecule has 0 saturated carbocycles. The van der Waals surface area contributed by atoms with Crippen LogP contribution in [-0.2, 0) is 0 Å². The van der Waals surface area contributed by atoms with Crippen LogP contribution in [0.4, 0.5) is 18.9 Å². The topological polar surface area (TPSA) is 54.0 Å². The van der Waals surface area contributed by atoms with Gasteiger partial charge in [0.25, 0.3) is 5.91 Å². The maximum absolute atomic E-state index is 14.1. The molecule has 3 aromatic rings. The summed E-state index contributed by atoms with van der Waals surface area (Å²) < 4.78 is 52.5. The van der Waals surface area contributed by atoms with Crippen molar-refractivity contribution in [1.29, 1.82) is 0 Å². The number of hydrogen-bond acceptors (Lipinski definition) is 5. The van der Waals surface area contributed by atoms with Crippen molar-refractivity contribution in [3.63, 3.8) is 0 Å². The molecule has 5 rings (SSSR count). The second-order valence-electron chi connectivity index (χ2n) is 8.43. The van der Waals surface area contributed by atoms with Gasteiger partial charge >= 0.3 is 0 Å². The molecule has 2 heterocycles. The zero-order valence-corrected chi connectivity index (χ0v) is 18.8. The van der Waals surface area contributed by atoms with Crippen molar-refractivity contribution in [3.8, 4) is 11.5 Å². The van der Waals surface area contributed by atoms with Gasteiger partial charge in [0, 0.05) is 38.4 Å². The molecule has 3 aromatic carbocycles. The van der Waals surface area contributed by atoms with Gasteiger partial charge < -0.3 is 19.7 Å². The first-order valence-corrected chi connectivity index (χ1v) is 11.4. The average molecular weight is 483 g/mol. The summed E-state index contributed by atoms with van der Waals surface area (Å²) in [4.78, 5) is 17.0. The highest BCUT2D eigenvalue weighted by Gasteiger charge is 2.28. The molecule has 0 radical (unpaired) electrons. The van der Waals surface area contributed by atoms with Crippen molar-refractivity contribution in [2.45, 2.75) is 6.04 Å². The zero-order chi connectivity index (χ0) is 24.4. The molecule has 0 aromatic heterocycles. The molecular weight excluding hydrogens is 459 g/mol. The summed E-state index contributed by atoms with van der Waals surface area (Å²) in [5.41, 5.74) is 1.23. The van der Waals surface area contributed by atoms with Crippen LogP contribution < -0.4 is 19.7 Å². The number of carbonyl (C=O) groups is 1. The minimum Gasteiger partial charge on any atom is -0.454 e. The van der Waals surface area contributed by atoms with E-state index < -0.39 is 23.1 Å². The summed E-state index contributed by atoms with van der Waals surface area (Å²) in [5, 5.41) is 2.71. The predicted molar refractivity (Wildman–Crippen MR) is 124 cm³/mol. The second-order valence-corrected chi connectivity index (χ2v) is 8.43. The molecule has 182 valence electrons. The molecule has 0 aliphatic carbocycles. The van der Waals surface area contributed by atoms with Crippen LogP contribution in [0.5, 0.6) is 11.5 Å². The molecular formula is C26H24F3N3O3. The van der Waals surface area contributed by atoms with Crippen LogP contribution >= 0.6 is 0 Å². The molecule has 1 amide bonds. The van der Waals surface area contributed by atoms with Crippen molar-refractivity contribution in [2.75, 3.05) is 44.4 Å². The largest absolute Gasteiger partial charge is 0.454 e. The Labute approximate surface area is 200 Å². The Morgan fingerprint density at radius 1 is 0.886 bits per heavy atom. The predicted octanol–water partition coefficient (Wildman–Crippen LogP) is 4.13. The average Bonchev–Trinajstić information content (AvgIpc) is 3.33. The van der Waals surface area contributed by atoms with E-state index in [4.69, 9.17) is 9.47 Å². The van der Waals surface area contributed by atoms with Crippen LogP contribution in [0.15, 0.2) is 60.7 Å². The fraction of sp³-hybridized carbons (Fsp3) is 0.269. The van der Waals surface area contributed by atoms with Crippen LogP contribution in [0.1, 0.15) is 22.0 Å². The molecule has 2 aliphatic rings. The van der Waals surface area contributed by atoms with Crippen LogP contribution in [-0.4, -0.2) is 50.3 Å². The third-order valence-electron chi connectivity index (χ3n) is 6.37. The highest BCUT2D eigenvalue weighted by atomic mass is 19.1. The first-order valence-electron chi connectivity index (χ1n) is 11.4. The van der Waals surface area contributed by atoms with E-state index in [0.717, 1.165) is 23.4 Å². The lowest BCUT2D eigenvalue weighted by Gasteiger charge is -2.40. The fourth-order valence-electron chi connectivity index (χ4n) is 4.51. The monoisotopic (exact) mass is 483 g/mol. The van der Waals surface area contributed by atoms with Crippen LogP contribution in [0, 0.1) is 17.5 Å². The molecule has 35 heavy (non-hydrogen) atoms. The van der Waals surface area contributed by atoms with Gasteiger partial charge in [-0.1, -0.05) is 12.1 Å². The van der Waals surface area contributed by atoms with Crippen molar-refractivity contribution >= 4 is 11.6 Å². The van der Waals surface area contributed by atoms with E-state index in [0.29, 0.717) is 37.7 Å². The van der Waals surface area contributed by atoms with Gasteiger partial charge in [0.15, 0.2) is 11.5 Å². The van der Waals surface area contributed by atoms with E-state index in [1.807, 2.05) is 18.2 Å². The Morgan fingerprint density at radius 2 is 1.57 bits per heavy atom. The first-order chi connectivity index (χ1) is 17.0. The van der Waals surface area contributed by atoms with E-state index in [1.165, 1.54) is 18.2 Å². The standard InChI is InChI=1S/C26H24F3N3O3/c27-18-5-7-19(8-6-18)31-10-12-32(13-11-31)22(17-4-9-23-24(14-17)35-16-34-23)15-30-26(33)25-20(28)2-1-3-21(25)29/h1-9,14,22H,10-13,15-16H2,(H,30,33). The number of rotatable bonds is 6. The lowest BCUT2D eigenvalue weighted by molar-refractivity contribution is 0.0921. The highest BCUT2D eigenvalue weighted by molar-refractivity contribution is 5.94. The number of halogens is 3. The van der Waals surface area contributed by atoms with Gasteiger partial charge in [-0.15, -0.1) is 0 Å². The maximum Gasteiger partial charge on any atom is 0.257 e. The van der Waals surface area contributed by atoms with Crippen molar-refractivity contribution in [3.05, 3.63) is 89.2 Å². The molecule has 0 spiro atoms. The number of ether oxygens (including phenoxy) is 2. The lowest BCUT2D eigenvalue weighted by Crippen LogP contribution is -2.50. The third-order valence-corrected chi connectivity index (χ3v) is 6.37. The molecule has 1 fully saturated rings. The molecule has 1 saturated heterocycles. The molecule has 2 aliphatic heterocycles. The summed E-state index contributed by atoms with van der Waals surface area (Å²) in [6, 6.07) is 15.0. The van der Waals surface area contributed by atoms with Gasteiger partial charge in [0.1, 0.15) is 23.0 Å². The highest BCUT2D eigenvalue weighted by Crippen LogP contribution is 2.36. The Hall–Kier alpha value is -3.72. The Morgan fingerprint density at radius 3 is 2.29 bits per heavy atom. The summed E-state index contributed by atoms with van der Waals surface area (Å²) in [5.74, 6) is -1.64. The van der Waals surface area contributed by atoms with Crippen molar-refractivity contribution in [1.82, 2.24) is 10.2 Å². The molecule has 1 unspecified atom stereocenters. The van der Waals surface area contributed by atoms with Crippen LogP contribution in [0.3, 0.4) is 0 Å². The van der Waals surface area contributed by atoms with Crippen LogP contribution in [0.2, 0.25) is 0 Å². The number of nitrogens with zero attached hydrogens (tertiary/aromatic N) is 2.